The fourth-order valence-corrected chi connectivity index (χ4v) is 1.76. The van der Waals surface area contributed by atoms with Gasteiger partial charge < -0.3 is 15.4 Å². The molecule has 1 aromatic carbocycles. The van der Waals surface area contributed by atoms with Crippen LogP contribution in [0.1, 0.15) is 34.1 Å². The van der Waals surface area contributed by atoms with E-state index in [-0.39, 0.29) is 0 Å². The van der Waals surface area contributed by atoms with Crippen molar-refractivity contribution in [1.29, 1.82) is 0 Å². The monoisotopic (exact) mass is 250 g/mol. The molecule has 0 amide bonds. The van der Waals surface area contributed by atoms with Crippen LogP contribution < -0.4 is 15.4 Å². The minimum Gasteiger partial charge on any atom is -0.491 e. The average molecular weight is 250 g/mol. The van der Waals surface area contributed by atoms with Crippen molar-refractivity contribution >= 4 is 11.4 Å². The van der Waals surface area contributed by atoms with Gasteiger partial charge in [-0.05, 0) is 31.4 Å². The SMILES string of the molecule is CCCOc1cc(N(C)C(C)C(C)C)ccc1N. The Balaban J connectivity index is 2.89. The van der Waals surface area contributed by atoms with E-state index in [0.29, 0.717) is 24.3 Å². The van der Waals surface area contributed by atoms with Crippen LogP contribution >= 0.6 is 0 Å². The molecular formula is C15H26N2O. The van der Waals surface area contributed by atoms with Crippen LogP contribution in [0.15, 0.2) is 18.2 Å². The molecule has 0 heterocycles. The van der Waals surface area contributed by atoms with E-state index in [2.05, 4.69) is 39.6 Å². The van der Waals surface area contributed by atoms with Crippen LogP contribution in [0.3, 0.4) is 0 Å². The van der Waals surface area contributed by atoms with Gasteiger partial charge in [-0.15, -0.1) is 0 Å². The number of rotatable bonds is 6. The van der Waals surface area contributed by atoms with Crippen LogP contribution in [0.4, 0.5) is 11.4 Å². The van der Waals surface area contributed by atoms with Gasteiger partial charge in [-0.25, -0.2) is 0 Å². The number of nitrogens with zero attached hydrogens (tertiary/aromatic N) is 1. The fourth-order valence-electron chi connectivity index (χ4n) is 1.76. The average Bonchev–Trinajstić information content (AvgIpc) is 2.36. The van der Waals surface area contributed by atoms with Gasteiger partial charge in [-0.2, -0.15) is 0 Å². The van der Waals surface area contributed by atoms with Crippen molar-refractivity contribution in [2.45, 2.75) is 40.2 Å². The number of hydrogen-bond acceptors (Lipinski definition) is 3. The summed E-state index contributed by atoms with van der Waals surface area (Å²) >= 11 is 0. The molecular weight excluding hydrogens is 224 g/mol. The first-order valence-electron chi connectivity index (χ1n) is 6.72. The Kier molecular flexibility index (Phi) is 5.32. The second-order valence-electron chi connectivity index (χ2n) is 5.17. The summed E-state index contributed by atoms with van der Waals surface area (Å²) in [4.78, 5) is 2.27. The Labute approximate surface area is 111 Å². The number of hydrogen-bond donors (Lipinski definition) is 1. The van der Waals surface area contributed by atoms with Gasteiger partial charge in [0.15, 0.2) is 0 Å². The van der Waals surface area contributed by atoms with Crippen molar-refractivity contribution in [3.05, 3.63) is 18.2 Å². The smallest absolute Gasteiger partial charge is 0.144 e. The standard InChI is InChI=1S/C15H26N2O/c1-6-9-18-15-10-13(7-8-14(15)16)17(5)12(4)11(2)3/h7-8,10-12H,6,9,16H2,1-5H3. The molecule has 1 aromatic rings. The minimum absolute atomic E-state index is 0.479. The molecule has 3 heteroatoms. The lowest BCUT2D eigenvalue weighted by molar-refractivity contribution is 0.319. The van der Waals surface area contributed by atoms with Crippen LogP contribution in [-0.4, -0.2) is 19.7 Å². The predicted molar refractivity (Wildman–Crippen MR) is 79.3 cm³/mol. The van der Waals surface area contributed by atoms with E-state index in [1.54, 1.807) is 0 Å². The quantitative estimate of drug-likeness (QED) is 0.785. The van der Waals surface area contributed by atoms with E-state index in [9.17, 15) is 0 Å². The van der Waals surface area contributed by atoms with E-state index in [4.69, 9.17) is 10.5 Å². The Hall–Kier alpha value is -1.38. The van der Waals surface area contributed by atoms with Crippen LogP contribution in [0, 0.1) is 5.92 Å². The van der Waals surface area contributed by atoms with Crippen molar-refractivity contribution in [1.82, 2.24) is 0 Å². The van der Waals surface area contributed by atoms with E-state index in [0.717, 1.165) is 17.9 Å². The summed E-state index contributed by atoms with van der Waals surface area (Å²) in [7, 11) is 2.11. The molecule has 18 heavy (non-hydrogen) atoms. The first-order valence-corrected chi connectivity index (χ1v) is 6.72. The van der Waals surface area contributed by atoms with Crippen molar-refractivity contribution in [3.63, 3.8) is 0 Å². The molecule has 1 unspecified atom stereocenters. The third kappa shape index (κ3) is 3.56. The normalized spacial score (nSPS) is 12.6. The number of nitrogen functional groups attached to an aromatic ring is 1. The van der Waals surface area contributed by atoms with Crippen molar-refractivity contribution in [2.75, 3.05) is 24.3 Å². The summed E-state index contributed by atoms with van der Waals surface area (Å²) in [6.45, 7) is 9.48. The highest BCUT2D eigenvalue weighted by Gasteiger charge is 2.14. The molecule has 0 spiro atoms. The zero-order valence-corrected chi connectivity index (χ0v) is 12.2. The maximum Gasteiger partial charge on any atom is 0.144 e. The van der Waals surface area contributed by atoms with E-state index in [1.165, 1.54) is 0 Å². The summed E-state index contributed by atoms with van der Waals surface area (Å²) in [6.07, 6.45) is 0.988. The maximum absolute atomic E-state index is 5.92. The second kappa shape index (κ2) is 6.53. The van der Waals surface area contributed by atoms with Gasteiger partial charge in [-0.3, -0.25) is 0 Å². The van der Waals surface area contributed by atoms with Crippen molar-refractivity contribution in [2.24, 2.45) is 5.92 Å². The molecule has 0 radical (unpaired) electrons. The lowest BCUT2D eigenvalue weighted by atomic mass is 10.0. The molecule has 0 aliphatic rings. The summed E-state index contributed by atoms with van der Waals surface area (Å²) in [5.41, 5.74) is 7.78. The summed E-state index contributed by atoms with van der Waals surface area (Å²) < 4.78 is 5.67. The largest absolute Gasteiger partial charge is 0.491 e. The summed E-state index contributed by atoms with van der Waals surface area (Å²) in [5, 5.41) is 0. The summed E-state index contributed by atoms with van der Waals surface area (Å²) in [5.74, 6) is 1.39. The topological polar surface area (TPSA) is 38.5 Å². The molecule has 1 atom stereocenters. The van der Waals surface area contributed by atoms with Gasteiger partial charge in [0, 0.05) is 24.8 Å². The Morgan fingerprint density at radius 3 is 2.50 bits per heavy atom. The van der Waals surface area contributed by atoms with Crippen LogP contribution in [0.5, 0.6) is 5.75 Å². The number of ether oxygens (including phenoxy) is 1. The molecule has 0 aliphatic carbocycles. The van der Waals surface area contributed by atoms with Gasteiger partial charge >= 0.3 is 0 Å². The molecule has 2 N–H and O–H groups in total. The van der Waals surface area contributed by atoms with E-state index < -0.39 is 0 Å². The molecule has 3 nitrogen and oxygen atoms in total. The van der Waals surface area contributed by atoms with Gasteiger partial charge in [0.2, 0.25) is 0 Å². The van der Waals surface area contributed by atoms with E-state index >= 15 is 0 Å². The molecule has 0 bridgehead atoms. The van der Waals surface area contributed by atoms with Crippen LogP contribution in [0.2, 0.25) is 0 Å². The Bertz CT molecular complexity index is 377. The number of anilines is 2. The second-order valence-corrected chi connectivity index (χ2v) is 5.17. The molecule has 0 saturated heterocycles. The minimum atomic E-state index is 0.479. The van der Waals surface area contributed by atoms with E-state index in [1.807, 2.05) is 18.2 Å². The highest BCUT2D eigenvalue weighted by atomic mass is 16.5. The Morgan fingerprint density at radius 1 is 1.28 bits per heavy atom. The number of nitrogens with two attached hydrogens (primary N) is 1. The molecule has 102 valence electrons. The zero-order chi connectivity index (χ0) is 13.7. The van der Waals surface area contributed by atoms with Gasteiger partial charge in [0.1, 0.15) is 5.75 Å². The first-order chi connectivity index (χ1) is 8.47. The summed E-state index contributed by atoms with van der Waals surface area (Å²) in [6, 6.07) is 6.48. The molecule has 0 aliphatic heterocycles. The zero-order valence-electron chi connectivity index (χ0n) is 12.2. The predicted octanol–water partition coefficient (Wildman–Crippen LogP) is 3.54. The van der Waals surface area contributed by atoms with Crippen molar-refractivity contribution < 1.29 is 4.74 Å². The molecule has 0 fully saturated rings. The maximum atomic E-state index is 5.92. The molecule has 1 rings (SSSR count). The van der Waals surface area contributed by atoms with Gasteiger partial charge in [0.05, 0.1) is 12.3 Å². The Morgan fingerprint density at radius 2 is 1.94 bits per heavy atom. The van der Waals surface area contributed by atoms with Crippen LogP contribution in [-0.2, 0) is 0 Å². The fraction of sp³-hybridized carbons (Fsp3) is 0.600. The third-order valence-electron chi connectivity index (χ3n) is 3.44. The number of benzene rings is 1. The molecule has 0 saturated carbocycles. The van der Waals surface area contributed by atoms with Crippen LogP contribution in [0.25, 0.3) is 0 Å². The molecule has 0 aromatic heterocycles. The third-order valence-corrected chi connectivity index (χ3v) is 3.44. The highest BCUT2D eigenvalue weighted by molar-refractivity contribution is 5.62. The van der Waals surface area contributed by atoms with Gasteiger partial charge in [0.25, 0.3) is 0 Å². The first kappa shape index (κ1) is 14.7. The highest BCUT2D eigenvalue weighted by Crippen LogP contribution is 2.29. The van der Waals surface area contributed by atoms with Crippen molar-refractivity contribution in [3.8, 4) is 5.75 Å². The lowest BCUT2D eigenvalue weighted by Gasteiger charge is -2.30. The lowest BCUT2D eigenvalue weighted by Crippen LogP contribution is -2.33. The van der Waals surface area contributed by atoms with Gasteiger partial charge in [-0.1, -0.05) is 20.8 Å².